The molecule has 4 heteroatoms. The first-order valence-corrected chi connectivity index (χ1v) is 7.93. The van der Waals surface area contributed by atoms with Crippen molar-refractivity contribution in [3.63, 3.8) is 0 Å². The maximum Gasteiger partial charge on any atom is 0.233 e. The number of carbonyl (C=O) groups excluding carboxylic acids is 1. The van der Waals surface area contributed by atoms with E-state index in [-0.39, 0.29) is 17.4 Å². The van der Waals surface area contributed by atoms with Crippen LogP contribution in [0.15, 0.2) is 24.3 Å². The first-order chi connectivity index (χ1) is 10.2. The van der Waals surface area contributed by atoms with Gasteiger partial charge >= 0.3 is 0 Å². The van der Waals surface area contributed by atoms with Crippen molar-refractivity contribution in [2.45, 2.75) is 44.1 Å². The predicted molar refractivity (Wildman–Crippen MR) is 83.0 cm³/mol. The topological polar surface area (TPSA) is 55.6 Å². The zero-order valence-electron chi connectivity index (χ0n) is 12.7. The Labute approximate surface area is 126 Å². The molecule has 2 N–H and O–H groups in total. The molecule has 1 aromatic rings. The third-order valence-corrected chi connectivity index (χ3v) is 4.74. The molecule has 0 spiro atoms. The zero-order valence-corrected chi connectivity index (χ0v) is 12.7. The average Bonchev–Trinajstić information content (AvgIpc) is 3.15. The lowest BCUT2D eigenvalue weighted by Crippen LogP contribution is -2.43. The first kappa shape index (κ1) is 14.4. The van der Waals surface area contributed by atoms with Gasteiger partial charge in [-0.2, -0.15) is 0 Å². The molecule has 1 atom stereocenters. The van der Waals surface area contributed by atoms with Crippen LogP contribution in [0, 0.1) is 0 Å². The molecule has 2 aliphatic rings. The number of carbonyl (C=O) groups is 1. The van der Waals surface area contributed by atoms with Gasteiger partial charge < -0.3 is 15.4 Å². The fraction of sp³-hybridized carbons (Fsp3) is 0.588. The van der Waals surface area contributed by atoms with Crippen LogP contribution >= 0.6 is 0 Å². The van der Waals surface area contributed by atoms with Gasteiger partial charge in [0.25, 0.3) is 0 Å². The van der Waals surface area contributed by atoms with Crippen LogP contribution in [0.4, 0.5) is 5.69 Å². The number of amides is 1. The average molecular weight is 288 g/mol. The van der Waals surface area contributed by atoms with Crippen molar-refractivity contribution in [1.29, 1.82) is 0 Å². The van der Waals surface area contributed by atoms with E-state index >= 15 is 0 Å². The molecule has 21 heavy (non-hydrogen) atoms. The lowest BCUT2D eigenvalue weighted by Gasteiger charge is -2.28. The van der Waals surface area contributed by atoms with Gasteiger partial charge in [0.15, 0.2) is 0 Å². The summed E-state index contributed by atoms with van der Waals surface area (Å²) in [4.78, 5) is 14.9. The lowest BCUT2D eigenvalue weighted by molar-refractivity contribution is -0.135. The molecular formula is C17H24N2O2. The van der Waals surface area contributed by atoms with Gasteiger partial charge in [0.2, 0.25) is 5.91 Å². The van der Waals surface area contributed by atoms with Crippen molar-refractivity contribution in [2.24, 2.45) is 0 Å². The number of nitrogens with zero attached hydrogens (tertiary/aromatic N) is 1. The number of anilines is 1. The quantitative estimate of drug-likeness (QED) is 0.846. The normalized spacial score (nSPS) is 23.0. The molecule has 1 aliphatic heterocycles. The van der Waals surface area contributed by atoms with Gasteiger partial charge in [0.1, 0.15) is 0 Å². The molecule has 1 amide bonds. The second-order valence-electron chi connectivity index (χ2n) is 6.18. The van der Waals surface area contributed by atoms with Crippen LogP contribution < -0.4 is 5.73 Å². The fourth-order valence-corrected chi connectivity index (χ4v) is 3.25. The highest BCUT2D eigenvalue weighted by atomic mass is 16.5. The van der Waals surface area contributed by atoms with Crippen LogP contribution in [0.3, 0.4) is 0 Å². The highest BCUT2D eigenvalue weighted by Crippen LogP contribution is 2.49. The summed E-state index contributed by atoms with van der Waals surface area (Å²) in [5.74, 6) is 0.255. The largest absolute Gasteiger partial charge is 0.399 e. The highest BCUT2D eigenvalue weighted by Gasteiger charge is 2.52. The van der Waals surface area contributed by atoms with Crippen LogP contribution in [-0.2, 0) is 14.9 Å². The number of rotatable bonds is 5. The summed E-state index contributed by atoms with van der Waals surface area (Å²) in [5, 5.41) is 0. The number of benzene rings is 1. The molecule has 1 aliphatic carbocycles. The molecule has 1 heterocycles. The van der Waals surface area contributed by atoms with Crippen molar-refractivity contribution in [3.05, 3.63) is 29.8 Å². The van der Waals surface area contributed by atoms with Gasteiger partial charge in [-0.05, 0) is 50.3 Å². The zero-order chi connectivity index (χ0) is 14.9. The molecule has 4 nitrogen and oxygen atoms in total. The van der Waals surface area contributed by atoms with E-state index in [2.05, 4.69) is 0 Å². The summed E-state index contributed by atoms with van der Waals surface area (Å²) >= 11 is 0. The van der Waals surface area contributed by atoms with E-state index in [0.717, 1.165) is 56.6 Å². The Bertz CT molecular complexity index is 502. The molecule has 2 fully saturated rings. The van der Waals surface area contributed by atoms with Crippen molar-refractivity contribution in [1.82, 2.24) is 4.90 Å². The Morgan fingerprint density at radius 3 is 2.62 bits per heavy atom. The van der Waals surface area contributed by atoms with Crippen molar-refractivity contribution in [3.8, 4) is 0 Å². The minimum atomic E-state index is -0.303. The molecule has 1 aromatic carbocycles. The van der Waals surface area contributed by atoms with Crippen LogP contribution in [0.2, 0.25) is 0 Å². The summed E-state index contributed by atoms with van der Waals surface area (Å²) in [6, 6.07) is 7.78. The Kier molecular flexibility index (Phi) is 3.89. The number of nitrogen functional groups attached to an aromatic ring is 1. The van der Waals surface area contributed by atoms with Gasteiger partial charge in [-0.1, -0.05) is 12.1 Å². The second kappa shape index (κ2) is 5.68. The summed E-state index contributed by atoms with van der Waals surface area (Å²) < 4.78 is 5.68. The van der Waals surface area contributed by atoms with E-state index in [1.54, 1.807) is 0 Å². The van der Waals surface area contributed by atoms with Crippen molar-refractivity contribution < 1.29 is 9.53 Å². The Morgan fingerprint density at radius 2 is 2.10 bits per heavy atom. The highest BCUT2D eigenvalue weighted by molar-refractivity contribution is 5.91. The third-order valence-electron chi connectivity index (χ3n) is 4.74. The number of ether oxygens (including phenoxy) is 1. The fourth-order valence-electron chi connectivity index (χ4n) is 3.25. The molecule has 0 radical (unpaired) electrons. The minimum Gasteiger partial charge on any atom is -0.399 e. The molecular weight excluding hydrogens is 264 g/mol. The Balaban J connectivity index is 1.74. The second-order valence-corrected chi connectivity index (χ2v) is 6.18. The van der Waals surface area contributed by atoms with Crippen molar-refractivity contribution in [2.75, 3.05) is 25.4 Å². The van der Waals surface area contributed by atoms with Crippen molar-refractivity contribution >= 4 is 11.6 Å². The van der Waals surface area contributed by atoms with E-state index in [1.807, 2.05) is 36.1 Å². The van der Waals surface area contributed by atoms with Gasteiger partial charge in [-0.3, -0.25) is 4.79 Å². The summed E-state index contributed by atoms with van der Waals surface area (Å²) in [6.07, 6.45) is 4.28. The Hall–Kier alpha value is -1.55. The Morgan fingerprint density at radius 1 is 1.38 bits per heavy atom. The van der Waals surface area contributed by atoms with E-state index in [9.17, 15) is 4.79 Å². The molecule has 1 saturated carbocycles. The van der Waals surface area contributed by atoms with Crippen LogP contribution in [0.25, 0.3) is 0 Å². The molecule has 3 rings (SSSR count). The lowest BCUT2D eigenvalue weighted by atomic mass is 9.94. The maximum absolute atomic E-state index is 13.0. The SMILES string of the molecule is CCN(CC1CCCO1)C(=O)C1(c2ccc(N)cc2)CC1. The third kappa shape index (κ3) is 2.77. The van der Waals surface area contributed by atoms with E-state index in [4.69, 9.17) is 10.5 Å². The van der Waals surface area contributed by atoms with Gasteiger partial charge in [-0.25, -0.2) is 0 Å². The van der Waals surface area contributed by atoms with Gasteiger partial charge in [0, 0.05) is 25.4 Å². The van der Waals surface area contributed by atoms with Gasteiger partial charge in [-0.15, -0.1) is 0 Å². The molecule has 1 saturated heterocycles. The minimum absolute atomic E-state index is 0.219. The number of nitrogens with two attached hydrogens (primary N) is 1. The van der Waals surface area contributed by atoms with Crippen LogP contribution in [-0.4, -0.2) is 36.6 Å². The standard InChI is InChI=1S/C17H24N2O2/c1-2-19(12-15-4-3-11-21-15)16(20)17(9-10-17)13-5-7-14(18)8-6-13/h5-8,15H,2-4,9-12,18H2,1H3. The molecule has 114 valence electrons. The maximum atomic E-state index is 13.0. The van der Waals surface area contributed by atoms with E-state index in [0.29, 0.717) is 0 Å². The predicted octanol–water partition coefficient (Wildman–Crippen LogP) is 2.33. The monoisotopic (exact) mass is 288 g/mol. The summed E-state index contributed by atoms with van der Waals surface area (Å²) in [5.41, 5.74) is 7.29. The first-order valence-electron chi connectivity index (χ1n) is 7.93. The van der Waals surface area contributed by atoms with Crippen LogP contribution in [0.1, 0.15) is 38.2 Å². The number of hydrogen-bond acceptors (Lipinski definition) is 3. The van der Waals surface area contributed by atoms with E-state index in [1.165, 1.54) is 0 Å². The number of likely N-dealkylation sites (N-methyl/N-ethyl adjacent to an activating group) is 1. The smallest absolute Gasteiger partial charge is 0.233 e. The van der Waals surface area contributed by atoms with E-state index < -0.39 is 0 Å². The summed E-state index contributed by atoms with van der Waals surface area (Å²) in [7, 11) is 0. The molecule has 1 unspecified atom stereocenters. The molecule has 0 bridgehead atoms. The van der Waals surface area contributed by atoms with Crippen LogP contribution in [0.5, 0.6) is 0 Å². The number of hydrogen-bond donors (Lipinski definition) is 1. The van der Waals surface area contributed by atoms with Gasteiger partial charge in [0.05, 0.1) is 11.5 Å². The summed E-state index contributed by atoms with van der Waals surface area (Å²) in [6.45, 7) is 4.35. The molecule has 0 aromatic heterocycles.